The molecule has 1 aliphatic heterocycles. The third-order valence-electron chi connectivity index (χ3n) is 4.04. The van der Waals surface area contributed by atoms with Gasteiger partial charge in [-0.25, -0.2) is 0 Å². The number of nitrogens with zero attached hydrogens (tertiary/aromatic N) is 1. The van der Waals surface area contributed by atoms with E-state index in [1.54, 1.807) is 7.11 Å². The van der Waals surface area contributed by atoms with Crippen molar-refractivity contribution in [2.45, 2.75) is 13.8 Å². The van der Waals surface area contributed by atoms with Crippen LogP contribution in [0.3, 0.4) is 0 Å². The van der Waals surface area contributed by atoms with E-state index in [9.17, 15) is 4.79 Å². The molecule has 6 nitrogen and oxygen atoms in total. The van der Waals surface area contributed by atoms with Gasteiger partial charge < -0.3 is 25.0 Å². The van der Waals surface area contributed by atoms with Crippen molar-refractivity contribution in [1.82, 2.24) is 5.32 Å². The minimum atomic E-state index is -0.212. The van der Waals surface area contributed by atoms with Crippen LogP contribution in [0.15, 0.2) is 48.5 Å². The number of nitrogens with one attached hydrogen (secondary N) is 2. The highest BCUT2D eigenvalue weighted by atomic mass is 32.1. The SMILES string of the molecule is COc1ccc(N2CCOCC2)cc1NC(=S)NC(C)=O.Cc1ccccc1. The number of carbonyl (C=O) groups excluding carboxylic acids is 1. The van der Waals surface area contributed by atoms with Gasteiger partial charge in [-0.15, -0.1) is 0 Å². The molecule has 0 radical (unpaired) electrons. The largest absolute Gasteiger partial charge is 0.495 e. The van der Waals surface area contributed by atoms with Gasteiger partial charge in [-0.2, -0.15) is 0 Å². The Morgan fingerprint density at radius 3 is 2.36 bits per heavy atom. The molecule has 28 heavy (non-hydrogen) atoms. The first kappa shape index (κ1) is 21.7. The zero-order valence-electron chi connectivity index (χ0n) is 16.5. The molecule has 1 heterocycles. The van der Waals surface area contributed by atoms with Crippen LogP contribution >= 0.6 is 12.2 Å². The Balaban J connectivity index is 0.000000336. The van der Waals surface area contributed by atoms with Crippen molar-refractivity contribution in [2.75, 3.05) is 43.6 Å². The fourth-order valence-electron chi connectivity index (χ4n) is 2.66. The molecule has 0 bridgehead atoms. The lowest BCUT2D eigenvalue weighted by molar-refractivity contribution is -0.117. The molecule has 1 aliphatic rings. The summed E-state index contributed by atoms with van der Waals surface area (Å²) in [6, 6.07) is 16.1. The van der Waals surface area contributed by atoms with E-state index in [0.29, 0.717) is 5.75 Å². The van der Waals surface area contributed by atoms with Crippen LogP contribution in [-0.4, -0.2) is 44.4 Å². The number of rotatable bonds is 3. The Labute approximate surface area is 171 Å². The minimum absolute atomic E-state index is 0.212. The molecule has 0 saturated carbocycles. The van der Waals surface area contributed by atoms with Gasteiger partial charge >= 0.3 is 0 Å². The molecule has 0 aromatic heterocycles. The van der Waals surface area contributed by atoms with Gasteiger partial charge in [0.2, 0.25) is 5.91 Å². The third kappa shape index (κ3) is 7.17. The normalized spacial score (nSPS) is 13.0. The molecule has 2 aromatic carbocycles. The molecule has 2 aromatic rings. The summed E-state index contributed by atoms with van der Waals surface area (Å²) in [6.07, 6.45) is 0. The molecule has 1 fully saturated rings. The highest BCUT2D eigenvalue weighted by Gasteiger charge is 2.14. The Bertz CT molecular complexity index is 778. The van der Waals surface area contributed by atoms with Crippen molar-refractivity contribution in [1.29, 1.82) is 0 Å². The quantitative estimate of drug-likeness (QED) is 0.769. The molecule has 0 atom stereocenters. The second-order valence-corrected chi connectivity index (χ2v) is 6.68. The molecule has 0 unspecified atom stereocenters. The summed E-state index contributed by atoms with van der Waals surface area (Å²) < 4.78 is 10.7. The molecule has 7 heteroatoms. The molecule has 1 saturated heterocycles. The lowest BCUT2D eigenvalue weighted by Gasteiger charge is -2.29. The number of thiocarbonyl (C=S) groups is 1. The summed E-state index contributed by atoms with van der Waals surface area (Å²) in [5.41, 5.74) is 3.11. The molecule has 1 amide bonds. The average molecular weight is 402 g/mol. The van der Waals surface area contributed by atoms with Gasteiger partial charge in [-0.3, -0.25) is 4.79 Å². The maximum absolute atomic E-state index is 11.0. The van der Waals surface area contributed by atoms with Gasteiger partial charge in [0.1, 0.15) is 5.75 Å². The van der Waals surface area contributed by atoms with Gasteiger partial charge in [0.15, 0.2) is 5.11 Å². The number of benzene rings is 2. The zero-order chi connectivity index (χ0) is 20.4. The maximum atomic E-state index is 11.0. The van der Waals surface area contributed by atoms with Crippen molar-refractivity contribution >= 4 is 34.6 Å². The molecular weight excluding hydrogens is 374 g/mol. The van der Waals surface area contributed by atoms with Gasteiger partial charge in [0.05, 0.1) is 26.0 Å². The van der Waals surface area contributed by atoms with Gasteiger partial charge in [-0.1, -0.05) is 35.9 Å². The van der Waals surface area contributed by atoms with Crippen LogP contribution in [0, 0.1) is 6.92 Å². The second-order valence-electron chi connectivity index (χ2n) is 6.27. The lowest BCUT2D eigenvalue weighted by atomic mass is 10.2. The van der Waals surface area contributed by atoms with E-state index in [0.717, 1.165) is 37.7 Å². The van der Waals surface area contributed by atoms with E-state index in [1.807, 2.05) is 36.4 Å². The van der Waals surface area contributed by atoms with Crippen molar-refractivity contribution in [3.05, 3.63) is 54.1 Å². The van der Waals surface area contributed by atoms with E-state index in [2.05, 4.69) is 34.6 Å². The van der Waals surface area contributed by atoms with Crippen LogP contribution in [0.2, 0.25) is 0 Å². The number of aryl methyl sites for hydroxylation is 1. The van der Waals surface area contributed by atoms with E-state index in [1.165, 1.54) is 12.5 Å². The van der Waals surface area contributed by atoms with Crippen molar-refractivity contribution in [2.24, 2.45) is 0 Å². The number of methoxy groups -OCH3 is 1. The van der Waals surface area contributed by atoms with E-state index in [4.69, 9.17) is 21.7 Å². The number of carbonyl (C=O) groups is 1. The lowest BCUT2D eigenvalue weighted by Crippen LogP contribution is -2.36. The number of anilines is 2. The first-order chi connectivity index (χ1) is 13.5. The number of morpholine rings is 1. The highest BCUT2D eigenvalue weighted by Crippen LogP contribution is 2.30. The van der Waals surface area contributed by atoms with Gasteiger partial charge in [0, 0.05) is 25.7 Å². The smallest absolute Gasteiger partial charge is 0.222 e. The second kappa shape index (κ2) is 11.3. The van der Waals surface area contributed by atoms with Crippen molar-refractivity contribution < 1.29 is 14.3 Å². The number of amides is 1. The summed E-state index contributed by atoms with van der Waals surface area (Å²) in [5, 5.41) is 5.77. The Hall–Kier alpha value is -2.64. The topological polar surface area (TPSA) is 62.8 Å². The summed E-state index contributed by atoms with van der Waals surface area (Å²) in [5.74, 6) is 0.454. The van der Waals surface area contributed by atoms with Gasteiger partial charge in [-0.05, 0) is 37.3 Å². The molecule has 3 rings (SSSR count). The Morgan fingerprint density at radius 2 is 1.82 bits per heavy atom. The fourth-order valence-corrected chi connectivity index (χ4v) is 2.91. The maximum Gasteiger partial charge on any atom is 0.222 e. The Morgan fingerprint density at radius 1 is 1.14 bits per heavy atom. The van der Waals surface area contributed by atoms with E-state index in [-0.39, 0.29) is 11.0 Å². The molecule has 2 N–H and O–H groups in total. The summed E-state index contributed by atoms with van der Waals surface area (Å²) >= 11 is 5.09. The van der Waals surface area contributed by atoms with Crippen LogP contribution in [0.25, 0.3) is 0 Å². The van der Waals surface area contributed by atoms with Crippen LogP contribution in [-0.2, 0) is 9.53 Å². The summed E-state index contributed by atoms with van der Waals surface area (Å²) in [4.78, 5) is 13.3. The van der Waals surface area contributed by atoms with E-state index < -0.39 is 0 Å². The van der Waals surface area contributed by atoms with Crippen molar-refractivity contribution in [3.63, 3.8) is 0 Å². The predicted octanol–water partition coefficient (Wildman–Crippen LogP) is 3.36. The van der Waals surface area contributed by atoms with Gasteiger partial charge in [0.25, 0.3) is 0 Å². The standard InChI is InChI=1S/C14H19N3O3S.C7H8/c1-10(18)15-14(21)16-12-9-11(3-4-13(12)19-2)17-5-7-20-8-6-17;1-7-5-3-2-4-6-7/h3-4,9H,5-8H2,1-2H3,(H2,15,16,18,21);2-6H,1H3. The summed E-state index contributed by atoms with van der Waals surface area (Å²) in [7, 11) is 1.59. The monoisotopic (exact) mass is 401 g/mol. The van der Waals surface area contributed by atoms with Crippen molar-refractivity contribution in [3.8, 4) is 5.75 Å². The molecule has 0 spiro atoms. The number of hydrogen-bond donors (Lipinski definition) is 2. The number of hydrogen-bond acceptors (Lipinski definition) is 5. The average Bonchev–Trinajstić information content (AvgIpc) is 2.69. The first-order valence-corrected chi connectivity index (χ1v) is 9.51. The van der Waals surface area contributed by atoms with Crippen LogP contribution in [0.5, 0.6) is 5.75 Å². The van der Waals surface area contributed by atoms with Crippen LogP contribution < -0.4 is 20.3 Å². The first-order valence-electron chi connectivity index (χ1n) is 9.10. The fraction of sp³-hybridized carbons (Fsp3) is 0.333. The predicted molar refractivity (Wildman–Crippen MR) is 117 cm³/mol. The Kier molecular flexibility index (Phi) is 8.71. The van der Waals surface area contributed by atoms with Crippen LogP contribution in [0.4, 0.5) is 11.4 Å². The highest BCUT2D eigenvalue weighted by molar-refractivity contribution is 7.80. The molecule has 150 valence electrons. The molecule has 0 aliphatic carbocycles. The van der Waals surface area contributed by atoms with Crippen LogP contribution in [0.1, 0.15) is 12.5 Å². The molecular formula is C21H27N3O3S. The van der Waals surface area contributed by atoms with E-state index >= 15 is 0 Å². The number of ether oxygens (including phenoxy) is 2. The third-order valence-corrected chi connectivity index (χ3v) is 4.24. The summed E-state index contributed by atoms with van der Waals surface area (Å²) in [6.45, 7) is 6.64. The zero-order valence-corrected chi connectivity index (χ0v) is 17.3. The minimum Gasteiger partial charge on any atom is -0.495 e.